The molecule has 0 unspecified atom stereocenters. The van der Waals surface area contributed by atoms with Crippen molar-refractivity contribution >= 4 is 64.4 Å². The number of carbonyl (C=O) groups is 3. The number of nitrogens with zero attached hydrogens (tertiary/aromatic N) is 1. The lowest BCUT2D eigenvalue weighted by Crippen LogP contribution is -2.53. The van der Waals surface area contributed by atoms with Gasteiger partial charge in [0.25, 0.3) is 0 Å². The quantitative estimate of drug-likeness (QED) is 0.306. The summed E-state index contributed by atoms with van der Waals surface area (Å²) in [6, 6.07) is 5.80. The zero-order valence-electron chi connectivity index (χ0n) is 23.4. The average molecular weight is 590 g/mol. The average Bonchev–Trinajstić information content (AvgIpc) is 3.28. The highest BCUT2D eigenvalue weighted by Crippen LogP contribution is 2.67. The normalized spacial score (nSPS) is 21.3. The van der Waals surface area contributed by atoms with Crippen LogP contribution in [-0.2, 0) is 23.9 Å². The Morgan fingerprint density at radius 1 is 0.974 bits per heavy atom. The van der Waals surface area contributed by atoms with Gasteiger partial charge in [-0.15, -0.1) is 11.8 Å². The molecule has 0 radical (unpaired) electrons. The smallest absolute Gasteiger partial charge is 0.345 e. The molecule has 1 aromatic carbocycles. The molecule has 10 heteroatoms. The van der Waals surface area contributed by atoms with E-state index >= 15 is 0 Å². The number of rotatable bonds is 8. The number of ether oxygens (including phenoxy) is 3. The van der Waals surface area contributed by atoms with Crippen molar-refractivity contribution in [3.63, 3.8) is 0 Å². The molecule has 3 heterocycles. The Morgan fingerprint density at radius 3 is 2.26 bits per heavy atom. The van der Waals surface area contributed by atoms with Gasteiger partial charge in [-0.2, -0.15) is 0 Å². The van der Waals surface area contributed by atoms with Gasteiger partial charge in [-0.25, -0.2) is 9.59 Å². The molecule has 0 N–H and O–H groups in total. The van der Waals surface area contributed by atoms with Gasteiger partial charge >= 0.3 is 11.9 Å². The number of amides is 1. The predicted octanol–water partition coefficient (Wildman–Crippen LogP) is 6.74. The van der Waals surface area contributed by atoms with Crippen molar-refractivity contribution in [1.29, 1.82) is 0 Å². The molecule has 7 nitrogen and oxygen atoms in total. The van der Waals surface area contributed by atoms with Crippen molar-refractivity contribution < 1.29 is 28.6 Å². The third-order valence-corrected chi connectivity index (χ3v) is 10.7. The first-order valence-corrected chi connectivity index (χ1v) is 15.7. The first-order chi connectivity index (χ1) is 18.5. The molecule has 1 amide bonds. The van der Waals surface area contributed by atoms with E-state index in [1.807, 2.05) is 63.8 Å². The molecule has 0 saturated carbocycles. The van der Waals surface area contributed by atoms with Crippen LogP contribution in [0.25, 0.3) is 5.57 Å². The Hall–Kier alpha value is -2.30. The van der Waals surface area contributed by atoms with Crippen LogP contribution in [0.1, 0.15) is 60.5 Å². The summed E-state index contributed by atoms with van der Waals surface area (Å²) in [5.74, 6) is 0.0404. The predicted molar refractivity (Wildman–Crippen MR) is 160 cm³/mol. The van der Waals surface area contributed by atoms with Crippen LogP contribution in [0, 0.1) is 5.92 Å². The van der Waals surface area contributed by atoms with Crippen LogP contribution in [0.5, 0.6) is 5.75 Å². The van der Waals surface area contributed by atoms with Crippen molar-refractivity contribution in [1.82, 2.24) is 0 Å². The number of thioether (sulfide) groups is 3. The van der Waals surface area contributed by atoms with E-state index in [1.54, 1.807) is 19.3 Å². The SMILES string of the molecule is CCOC(=O)C1=C[C@@]2(SC=C(C(=O)OCC)S2)C2=C(S1)C(C)(C)N(C(=O)CC(C)C)c1ccc(OCC)cc12. The minimum atomic E-state index is -0.838. The van der Waals surface area contributed by atoms with Crippen molar-refractivity contribution in [2.75, 3.05) is 24.7 Å². The van der Waals surface area contributed by atoms with Gasteiger partial charge in [0.15, 0.2) is 0 Å². The van der Waals surface area contributed by atoms with E-state index in [-0.39, 0.29) is 25.0 Å². The van der Waals surface area contributed by atoms with Crippen molar-refractivity contribution in [2.45, 2.75) is 64.5 Å². The van der Waals surface area contributed by atoms with Gasteiger partial charge in [-0.1, -0.05) is 37.4 Å². The standard InChI is InChI=1S/C29H35NO6S3/c1-8-34-18-11-12-20-19(14-18)24-25(28(6,7)30(20)23(31)13-17(4)5)38-21(26(32)35-9-2)15-29(24)37-16-22(39-29)27(33)36-10-3/h11-12,14-17H,8-10,13H2,1-7H3/t29-/m0/s1. The Morgan fingerprint density at radius 2 is 1.64 bits per heavy atom. The van der Waals surface area contributed by atoms with E-state index in [0.717, 1.165) is 21.7 Å². The molecule has 1 spiro atoms. The minimum absolute atomic E-state index is 0.00548. The number of hydrogen-bond donors (Lipinski definition) is 0. The van der Waals surface area contributed by atoms with Crippen LogP contribution in [0.15, 0.2) is 44.4 Å². The first-order valence-electron chi connectivity index (χ1n) is 13.2. The van der Waals surface area contributed by atoms with Crippen molar-refractivity contribution in [3.05, 3.63) is 50.0 Å². The summed E-state index contributed by atoms with van der Waals surface area (Å²) < 4.78 is 15.8. The third kappa shape index (κ3) is 5.52. The van der Waals surface area contributed by atoms with Crippen LogP contribution in [0.4, 0.5) is 5.69 Å². The molecule has 1 aromatic rings. The molecule has 3 aliphatic heterocycles. The lowest BCUT2D eigenvalue weighted by Gasteiger charge is -2.50. The fourth-order valence-corrected chi connectivity index (χ4v) is 9.30. The zero-order valence-corrected chi connectivity index (χ0v) is 25.9. The highest BCUT2D eigenvalue weighted by Gasteiger charge is 2.54. The molecule has 39 heavy (non-hydrogen) atoms. The maximum Gasteiger partial charge on any atom is 0.345 e. The van der Waals surface area contributed by atoms with Crippen LogP contribution in [-0.4, -0.2) is 47.3 Å². The number of hydrogen-bond acceptors (Lipinski definition) is 9. The summed E-state index contributed by atoms with van der Waals surface area (Å²) >= 11 is 4.16. The molecule has 4 rings (SSSR count). The maximum atomic E-state index is 13.8. The maximum absolute atomic E-state index is 13.8. The molecule has 1 atom stereocenters. The summed E-state index contributed by atoms with van der Waals surface area (Å²) in [5.41, 5.74) is 1.80. The van der Waals surface area contributed by atoms with Crippen molar-refractivity contribution in [3.8, 4) is 5.75 Å². The van der Waals surface area contributed by atoms with Crippen LogP contribution >= 0.6 is 35.3 Å². The molecule has 210 valence electrons. The fourth-order valence-electron chi connectivity index (χ4n) is 4.91. The van der Waals surface area contributed by atoms with E-state index in [9.17, 15) is 14.4 Å². The highest BCUT2D eigenvalue weighted by atomic mass is 32.2. The fraction of sp³-hybridized carbons (Fsp3) is 0.483. The van der Waals surface area contributed by atoms with Gasteiger partial charge in [-0.3, -0.25) is 4.79 Å². The number of benzene rings is 1. The Kier molecular flexibility index (Phi) is 8.88. The number of carbonyl (C=O) groups excluding carboxylic acids is 3. The number of esters is 2. The van der Waals surface area contributed by atoms with Crippen LogP contribution in [0.2, 0.25) is 0 Å². The molecule has 0 bridgehead atoms. The van der Waals surface area contributed by atoms with Crippen LogP contribution < -0.4 is 9.64 Å². The molecule has 3 aliphatic rings. The van der Waals surface area contributed by atoms with Gasteiger partial charge < -0.3 is 19.1 Å². The minimum Gasteiger partial charge on any atom is -0.494 e. The Balaban J connectivity index is 1.96. The van der Waals surface area contributed by atoms with Crippen molar-refractivity contribution in [2.24, 2.45) is 5.92 Å². The molecular formula is C29H35NO6S3. The van der Waals surface area contributed by atoms with Gasteiger partial charge in [-0.05, 0) is 70.2 Å². The summed E-state index contributed by atoms with van der Waals surface area (Å²) in [6.07, 6.45) is 2.28. The van der Waals surface area contributed by atoms with E-state index in [0.29, 0.717) is 28.6 Å². The Bertz CT molecular complexity index is 1280. The Labute approximate surface area is 243 Å². The number of fused-ring (bicyclic) bond motifs is 3. The van der Waals surface area contributed by atoms with Gasteiger partial charge in [0.05, 0.1) is 36.0 Å². The second kappa shape index (κ2) is 11.7. The highest BCUT2D eigenvalue weighted by molar-refractivity contribution is 8.25. The molecule has 0 aromatic heterocycles. The summed E-state index contributed by atoms with van der Waals surface area (Å²) in [4.78, 5) is 43.3. The first kappa shape index (κ1) is 29.7. The van der Waals surface area contributed by atoms with E-state index in [2.05, 4.69) is 0 Å². The molecular weight excluding hydrogens is 555 g/mol. The van der Waals surface area contributed by atoms with Gasteiger partial charge in [0, 0.05) is 22.5 Å². The lowest BCUT2D eigenvalue weighted by atomic mass is 9.84. The van der Waals surface area contributed by atoms with Gasteiger partial charge in [0.2, 0.25) is 5.91 Å². The van der Waals surface area contributed by atoms with Crippen LogP contribution in [0.3, 0.4) is 0 Å². The second-order valence-corrected chi connectivity index (χ2v) is 13.8. The molecule has 0 saturated heterocycles. The molecule has 0 fully saturated rings. The van der Waals surface area contributed by atoms with E-state index < -0.39 is 21.6 Å². The topological polar surface area (TPSA) is 82.1 Å². The largest absolute Gasteiger partial charge is 0.494 e. The summed E-state index contributed by atoms with van der Waals surface area (Å²) in [7, 11) is 0. The van der Waals surface area contributed by atoms with E-state index in [1.165, 1.54) is 35.3 Å². The molecule has 0 aliphatic carbocycles. The third-order valence-electron chi connectivity index (χ3n) is 6.40. The lowest BCUT2D eigenvalue weighted by molar-refractivity contribution is -0.138. The monoisotopic (exact) mass is 589 g/mol. The summed E-state index contributed by atoms with van der Waals surface area (Å²) in [6.45, 7) is 14.6. The number of anilines is 1. The summed E-state index contributed by atoms with van der Waals surface area (Å²) in [5, 5.41) is 1.80. The van der Waals surface area contributed by atoms with Gasteiger partial charge in [0.1, 0.15) is 14.7 Å². The zero-order chi connectivity index (χ0) is 28.5. The second-order valence-electron chi connectivity index (χ2n) is 10.1. The van der Waals surface area contributed by atoms with E-state index in [4.69, 9.17) is 14.2 Å².